The molecule has 1 aromatic rings. The van der Waals surface area contributed by atoms with Gasteiger partial charge >= 0.3 is 0 Å². The van der Waals surface area contributed by atoms with Crippen molar-refractivity contribution in [2.24, 2.45) is 11.1 Å². The first-order chi connectivity index (χ1) is 8.88. The number of halogens is 1. The van der Waals surface area contributed by atoms with Crippen LogP contribution in [0, 0.1) is 5.41 Å². The molecule has 0 bridgehead atoms. The number of amides is 1. The highest BCUT2D eigenvalue weighted by Gasteiger charge is 2.34. The lowest BCUT2D eigenvalue weighted by atomic mass is 9.78. The van der Waals surface area contributed by atoms with Crippen LogP contribution in [0.1, 0.15) is 25.8 Å². The Bertz CT molecular complexity index is 473. The number of benzene rings is 1. The number of rotatable bonds is 2. The Morgan fingerprint density at radius 3 is 2.89 bits per heavy atom. The maximum Gasteiger partial charge on any atom is 0.227 e. The number of hydrogen-bond acceptors (Lipinski definition) is 2. The molecule has 19 heavy (non-hydrogen) atoms. The van der Waals surface area contributed by atoms with Gasteiger partial charge in [0.25, 0.3) is 0 Å². The van der Waals surface area contributed by atoms with Crippen molar-refractivity contribution in [1.82, 2.24) is 4.90 Å². The van der Waals surface area contributed by atoms with Crippen LogP contribution in [0.3, 0.4) is 0 Å². The fourth-order valence-corrected chi connectivity index (χ4v) is 2.79. The molecule has 0 aliphatic carbocycles. The maximum atomic E-state index is 12.3. The van der Waals surface area contributed by atoms with Gasteiger partial charge in [0.1, 0.15) is 0 Å². The van der Waals surface area contributed by atoms with Crippen molar-refractivity contribution >= 4 is 21.8 Å². The summed E-state index contributed by atoms with van der Waals surface area (Å²) >= 11 is 3.43. The molecule has 1 unspecified atom stereocenters. The molecule has 0 radical (unpaired) electrons. The minimum absolute atomic E-state index is 0.0627. The lowest BCUT2D eigenvalue weighted by molar-refractivity contribution is -0.133. The minimum Gasteiger partial charge on any atom is -0.341 e. The van der Waals surface area contributed by atoms with Crippen molar-refractivity contribution in [3.8, 4) is 0 Å². The Kier molecular flexibility index (Phi) is 4.31. The molecule has 1 aromatic carbocycles. The summed E-state index contributed by atoms with van der Waals surface area (Å²) in [5.74, 6) is 0.170. The zero-order chi connectivity index (χ0) is 14.0. The van der Waals surface area contributed by atoms with E-state index in [4.69, 9.17) is 5.73 Å². The van der Waals surface area contributed by atoms with Crippen LogP contribution in [-0.4, -0.2) is 29.9 Å². The van der Waals surface area contributed by atoms with Crippen LogP contribution in [0.2, 0.25) is 0 Å². The van der Waals surface area contributed by atoms with Crippen molar-refractivity contribution in [2.75, 3.05) is 13.1 Å². The lowest BCUT2D eigenvalue weighted by Gasteiger charge is -2.42. The molecule has 2 rings (SSSR count). The molecule has 1 fully saturated rings. The number of carbonyl (C=O) groups excluding carboxylic acids is 1. The number of hydrogen-bond donors (Lipinski definition) is 1. The van der Waals surface area contributed by atoms with Crippen LogP contribution in [0.5, 0.6) is 0 Å². The monoisotopic (exact) mass is 324 g/mol. The topological polar surface area (TPSA) is 46.3 Å². The van der Waals surface area contributed by atoms with Gasteiger partial charge in [0.2, 0.25) is 5.91 Å². The van der Waals surface area contributed by atoms with Gasteiger partial charge in [0.05, 0.1) is 6.42 Å². The van der Waals surface area contributed by atoms with Gasteiger partial charge in [0.15, 0.2) is 0 Å². The SMILES string of the molecule is CC1(C)CCN(C(=O)Cc2cccc(Br)c2)CC1N. The first-order valence-electron chi connectivity index (χ1n) is 6.66. The molecule has 1 heterocycles. The first-order valence-corrected chi connectivity index (χ1v) is 7.45. The van der Waals surface area contributed by atoms with Crippen LogP contribution >= 0.6 is 15.9 Å². The summed E-state index contributed by atoms with van der Waals surface area (Å²) in [4.78, 5) is 14.2. The highest BCUT2D eigenvalue weighted by atomic mass is 79.9. The quantitative estimate of drug-likeness (QED) is 0.908. The fraction of sp³-hybridized carbons (Fsp3) is 0.533. The highest BCUT2D eigenvalue weighted by Crippen LogP contribution is 2.29. The second-order valence-corrected chi connectivity index (χ2v) is 6.91. The van der Waals surface area contributed by atoms with Crippen LogP contribution in [0.25, 0.3) is 0 Å². The number of carbonyl (C=O) groups is 1. The van der Waals surface area contributed by atoms with Crippen molar-refractivity contribution in [3.63, 3.8) is 0 Å². The average molecular weight is 325 g/mol. The Labute approximate surface area is 123 Å². The van der Waals surface area contributed by atoms with Gasteiger partial charge in [-0.1, -0.05) is 41.9 Å². The summed E-state index contributed by atoms with van der Waals surface area (Å²) in [7, 11) is 0. The number of nitrogens with two attached hydrogens (primary N) is 1. The molecule has 0 spiro atoms. The standard InChI is InChI=1S/C15H21BrN2O/c1-15(2)6-7-18(10-13(15)17)14(19)9-11-4-3-5-12(16)8-11/h3-5,8,13H,6-7,9-10,17H2,1-2H3. The molecule has 2 N–H and O–H groups in total. The summed E-state index contributed by atoms with van der Waals surface area (Å²) in [6.07, 6.45) is 1.42. The third kappa shape index (κ3) is 3.57. The molecule has 1 atom stereocenters. The Morgan fingerprint density at radius 1 is 1.53 bits per heavy atom. The van der Waals surface area contributed by atoms with Gasteiger partial charge in [-0.25, -0.2) is 0 Å². The molecular weight excluding hydrogens is 304 g/mol. The van der Waals surface area contributed by atoms with E-state index in [1.54, 1.807) is 0 Å². The van der Waals surface area contributed by atoms with Crippen molar-refractivity contribution in [1.29, 1.82) is 0 Å². The molecule has 0 saturated carbocycles. The second-order valence-electron chi connectivity index (χ2n) is 5.99. The Morgan fingerprint density at radius 2 is 2.26 bits per heavy atom. The van der Waals surface area contributed by atoms with E-state index >= 15 is 0 Å². The van der Waals surface area contributed by atoms with E-state index in [0.29, 0.717) is 13.0 Å². The zero-order valence-electron chi connectivity index (χ0n) is 11.5. The molecule has 1 amide bonds. The van der Waals surface area contributed by atoms with E-state index in [1.807, 2.05) is 29.2 Å². The van der Waals surface area contributed by atoms with Gasteiger partial charge in [-0.15, -0.1) is 0 Å². The van der Waals surface area contributed by atoms with E-state index in [9.17, 15) is 4.79 Å². The predicted molar refractivity (Wildman–Crippen MR) is 80.8 cm³/mol. The lowest BCUT2D eigenvalue weighted by Crippen LogP contribution is -2.54. The molecule has 1 aliphatic heterocycles. The summed E-state index contributed by atoms with van der Waals surface area (Å²) < 4.78 is 1.01. The molecule has 4 heteroatoms. The molecule has 0 aromatic heterocycles. The summed E-state index contributed by atoms with van der Waals surface area (Å²) in [5.41, 5.74) is 7.33. The van der Waals surface area contributed by atoms with Gasteiger partial charge in [-0.2, -0.15) is 0 Å². The highest BCUT2D eigenvalue weighted by molar-refractivity contribution is 9.10. The number of nitrogens with zero attached hydrogens (tertiary/aromatic N) is 1. The van der Waals surface area contributed by atoms with Crippen LogP contribution < -0.4 is 5.73 Å². The number of likely N-dealkylation sites (tertiary alicyclic amines) is 1. The zero-order valence-corrected chi connectivity index (χ0v) is 13.1. The van der Waals surface area contributed by atoms with E-state index in [1.165, 1.54) is 0 Å². The Balaban J connectivity index is 1.98. The fourth-order valence-electron chi connectivity index (χ4n) is 2.34. The summed E-state index contributed by atoms with van der Waals surface area (Å²) in [6, 6.07) is 7.96. The normalized spacial score (nSPS) is 22.3. The third-order valence-corrected chi connectivity index (χ3v) is 4.54. The molecule has 1 aliphatic rings. The van der Waals surface area contributed by atoms with Gasteiger partial charge < -0.3 is 10.6 Å². The molecule has 1 saturated heterocycles. The van der Waals surface area contributed by atoms with E-state index in [-0.39, 0.29) is 17.4 Å². The van der Waals surface area contributed by atoms with Crippen molar-refractivity contribution in [3.05, 3.63) is 34.3 Å². The Hall–Kier alpha value is -0.870. The van der Waals surface area contributed by atoms with Crippen LogP contribution in [0.4, 0.5) is 0 Å². The largest absolute Gasteiger partial charge is 0.341 e. The van der Waals surface area contributed by atoms with Gasteiger partial charge in [-0.05, 0) is 29.5 Å². The van der Waals surface area contributed by atoms with Gasteiger partial charge in [0, 0.05) is 23.6 Å². The van der Waals surface area contributed by atoms with Crippen LogP contribution in [0.15, 0.2) is 28.7 Å². The predicted octanol–water partition coefficient (Wildman–Crippen LogP) is 2.58. The van der Waals surface area contributed by atoms with E-state index < -0.39 is 0 Å². The first kappa shape index (κ1) is 14.5. The third-order valence-electron chi connectivity index (χ3n) is 4.04. The van der Waals surface area contributed by atoms with Gasteiger partial charge in [-0.3, -0.25) is 4.79 Å². The average Bonchev–Trinajstić information content (AvgIpc) is 2.32. The summed E-state index contributed by atoms with van der Waals surface area (Å²) in [6.45, 7) is 5.83. The van der Waals surface area contributed by atoms with E-state index in [0.717, 1.165) is 23.0 Å². The summed E-state index contributed by atoms with van der Waals surface area (Å²) in [5, 5.41) is 0. The van der Waals surface area contributed by atoms with Crippen molar-refractivity contribution < 1.29 is 4.79 Å². The number of piperidine rings is 1. The second kappa shape index (κ2) is 5.63. The molecular formula is C15H21BrN2O. The molecule has 3 nitrogen and oxygen atoms in total. The minimum atomic E-state index is 0.0627. The molecule has 104 valence electrons. The smallest absolute Gasteiger partial charge is 0.227 e. The van der Waals surface area contributed by atoms with E-state index in [2.05, 4.69) is 29.8 Å². The maximum absolute atomic E-state index is 12.3. The van der Waals surface area contributed by atoms with Crippen molar-refractivity contribution in [2.45, 2.75) is 32.7 Å². The van der Waals surface area contributed by atoms with Crippen LogP contribution in [-0.2, 0) is 11.2 Å².